The summed E-state index contributed by atoms with van der Waals surface area (Å²) in [5, 5.41) is 0. The van der Waals surface area contributed by atoms with Crippen LogP contribution in [0.4, 0.5) is 11.4 Å². The standard InChI is InChI=1S/C22H21N3OS/c1-14-7-16(11-23-10-14)15-5-6-19-20(8-15)25(21(26)22(19,2)3)17-9-18(27-4)13-24-12-17/h5-13H,1-4H3. The fourth-order valence-corrected chi connectivity index (χ4v) is 3.94. The summed E-state index contributed by atoms with van der Waals surface area (Å²) in [7, 11) is 0. The molecule has 0 aliphatic carbocycles. The van der Waals surface area contributed by atoms with E-state index in [-0.39, 0.29) is 5.91 Å². The van der Waals surface area contributed by atoms with Crippen molar-refractivity contribution in [2.75, 3.05) is 11.2 Å². The van der Waals surface area contributed by atoms with Crippen LogP contribution in [0.25, 0.3) is 11.1 Å². The maximum atomic E-state index is 13.3. The number of carbonyl (C=O) groups is 1. The zero-order valence-corrected chi connectivity index (χ0v) is 16.7. The van der Waals surface area contributed by atoms with Gasteiger partial charge >= 0.3 is 0 Å². The molecule has 0 bridgehead atoms. The van der Waals surface area contributed by atoms with E-state index in [1.54, 1.807) is 22.9 Å². The zero-order valence-electron chi connectivity index (χ0n) is 15.9. The number of fused-ring (bicyclic) bond motifs is 1. The number of hydrogen-bond acceptors (Lipinski definition) is 4. The Labute approximate surface area is 163 Å². The number of anilines is 2. The Balaban J connectivity index is 1.89. The summed E-state index contributed by atoms with van der Waals surface area (Å²) in [5.74, 6) is 0.0667. The van der Waals surface area contributed by atoms with E-state index < -0.39 is 5.41 Å². The molecule has 0 atom stereocenters. The highest BCUT2D eigenvalue weighted by atomic mass is 32.2. The molecule has 4 rings (SSSR count). The molecule has 0 unspecified atom stereocenters. The van der Waals surface area contributed by atoms with Gasteiger partial charge in [0.1, 0.15) is 0 Å². The summed E-state index contributed by atoms with van der Waals surface area (Å²) in [6.45, 7) is 5.99. The number of aryl methyl sites for hydroxylation is 1. The summed E-state index contributed by atoms with van der Waals surface area (Å²) in [6, 6.07) is 10.4. The molecular formula is C22H21N3OS. The number of nitrogens with zero attached hydrogens (tertiary/aromatic N) is 3. The van der Waals surface area contributed by atoms with Gasteiger partial charge in [0.15, 0.2) is 0 Å². The highest BCUT2D eigenvalue weighted by Gasteiger charge is 2.44. The van der Waals surface area contributed by atoms with Crippen LogP contribution < -0.4 is 4.90 Å². The third-order valence-electron chi connectivity index (χ3n) is 5.05. The second-order valence-electron chi connectivity index (χ2n) is 7.33. The van der Waals surface area contributed by atoms with Crippen molar-refractivity contribution in [3.05, 3.63) is 66.2 Å². The second-order valence-corrected chi connectivity index (χ2v) is 8.21. The number of aromatic nitrogens is 2. The summed E-state index contributed by atoms with van der Waals surface area (Å²) in [6.07, 6.45) is 9.28. The molecule has 3 aromatic rings. The number of rotatable bonds is 3. The quantitative estimate of drug-likeness (QED) is 0.595. The number of carbonyl (C=O) groups excluding carboxylic acids is 1. The van der Waals surface area contributed by atoms with Gasteiger partial charge in [-0.3, -0.25) is 19.7 Å². The molecule has 1 amide bonds. The maximum Gasteiger partial charge on any atom is 0.241 e. The molecule has 0 N–H and O–H groups in total. The van der Waals surface area contributed by atoms with Gasteiger partial charge in [0.2, 0.25) is 5.91 Å². The van der Waals surface area contributed by atoms with Gasteiger partial charge in [-0.15, -0.1) is 11.8 Å². The zero-order chi connectivity index (χ0) is 19.2. The van der Waals surface area contributed by atoms with Gasteiger partial charge < -0.3 is 0 Å². The average molecular weight is 375 g/mol. The van der Waals surface area contributed by atoms with Crippen molar-refractivity contribution in [2.24, 2.45) is 0 Å². The van der Waals surface area contributed by atoms with Crippen molar-refractivity contribution in [3.63, 3.8) is 0 Å². The third kappa shape index (κ3) is 2.92. The van der Waals surface area contributed by atoms with E-state index in [9.17, 15) is 4.79 Å². The smallest absolute Gasteiger partial charge is 0.241 e. The summed E-state index contributed by atoms with van der Waals surface area (Å²) >= 11 is 1.62. The first-order valence-electron chi connectivity index (χ1n) is 8.82. The highest BCUT2D eigenvalue weighted by Crippen LogP contribution is 2.46. The molecular weight excluding hydrogens is 354 g/mol. The van der Waals surface area contributed by atoms with Gasteiger partial charge in [-0.05, 0) is 61.9 Å². The lowest BCUT2D eigenvalue weighted by atomic mass is 9.85. The molecule has 1 aliphatic rings. The van der Waals surface area contributed by atoms with Crippen LogP contribution in [-0.4, -0.2) is 22.1 Å². The monoisotopic (exact) mass is 375 g/mol. The number of amides is 1. The van der Waals surface area contributed by atoms with Gasteiger partial charge in [0.05, 0.1) is 23.0 Å². The van der Waals surface area contributed by atoms with Crippen LogP contribution in [0.1, 0.15) is 25.0 Å². The lowest BCUT2D eigenvalue weighted by molar-refractivity contribution is -0.121. The molecule has 0 saturated heterocycles. The highest BCUT2D eigenvalue weighted by molar-refractivity contribution is 7.98. The molecule has 27 heavy (non-hydrogen) atoms. The Bertz CT molecular complexity index is 1050. The molecule has 0 spiro atoms. The van der Waals surface area contributed by atoms with Crippen molar-refractivity contribution in [1.82, 2.24) is 9.97 Å². The van der Waals surface area contributed by atoms with Crippen molar-refractivity contribution >= 4 is 29.0 Å². The Morgan fingerprint density at radius 2 is 1.74 bits per heavy atom. The molecule has 3 heterocycles. The summed E-state index contributed by atoms with van der Waals surface area (Å²) in [4.78, 5) is 24.7. The van der Waals surface area contributed by atoms with E-state index in [0.717, 1.165) is 38.5 Å². The van der Waals surface area contributed by atoms with Crippen molar-refractivity contribution in [2.45, 2.75) is 31.1 Å². The van der Waals surface area contributed by atoms with E-state index in [1.165, 1.54) is 0 Å². The number of benzene rings is 1. The van der Waals surface area contributed by atoms with E-state index in [4.69, 9.17) is 0 Å². The van der Waals surface area contributed by atoms with Gasteiger partial charge in [-0.1, -0.05) is 12.1 Å². The van der Waals surface area contributed by atoms with E-state index in [2.05, 4.69) is 34.2 Å². The van der Waals surface area contributed by atoms with Crippen LogP contribution in [0.3, 0.4) is 0 Å². The fraction of sp³-hybridized carbons (Fsp3) is 0.227. The van der Waals surface area contributed by atoms with E-state index >= 15 is 0 Å². The number of thioether (sulfide) groups is 1. The van der Waals surface area contributed by atoms with Crippen LogP contribution in [-0.2, 0) is 10.2 Å². The molecule has 136 valence electrons. The van der Waals surface area contributed by atoms with Crippen LogP contribution in [0, 0.1) is 6.92 Å². The van der Waals surface area contributed by atoms with Crippen LogP contribution >= 0.6 is 11.8 Å². The SMILES string of the molecule is CSc1cncc(N2C(=O)C(C)(C)c3ccc(-c4cncc(C)c4)cc32)c1. The second kappa shape index (κ2) is 6.50. The Hall–Kier alpha value is -2.66. The first-order valence-corrected chi connectivity index (χ1v) is 10.0. The molecule has 5 heteroatoms. The number of hydrogen-bond donors (Lipinski definition) is 0. The van der Waals surface area contributed by atoms with Crippen LogP contribution in [0.15, 0.2) is 60.0 Å². The number of pyridine rings is 2. The first-order chi connectivity index (χ1) is 12.9. The molecule has 0 radical (unpaired) electrons. The summed E-state index contributed by atoms with van der Waals surface area (Å²) < 4.78 is 0. The van der Waals surface area contributed by atoms with Crippen LogP contribution in [0.2, 0.25) is 0 Å². The third-order valence-corrected chi connectivity index (χ3v) is 5.75. The Kier molecular flexibility index (Phi) is 4.27. The lowest BCUT2D eigenvalue weighted by Gasteiger charge is -2.20. The predicted molar refractivity (Wildman–Crippen MR) is 111 cm³/mol. The molecule has 4 nitrogen and oxygen atoms in total. The molecule has 1 aliphatic heterocycles. The molecule has 0 fully saturated rings. The Morgan fingerprint density at radius 1 is 0.963 bits per heavy atom. The van der Waals surface area contributed by atoms with Crippen molar-refractivity contribution in [3.8, 4) is 11.1 Å². The normalized spacial score (nSPS) is 15.1. The van der Waals surface area contributed by atoms with Gasteiger partial charge in [0.25, 0.3) is 0 Å². The minimum Gasteiger partial charge on any atom is -0.278 e. The van der Waals surface area contributed by atoms with E-state index in [0.29, 0.717) is 0 Å². The minimum atomic E-state index is -0.575. The van der Waals surface area contributed by atoms with Gasteiger partial charge in [-0.25, -0.2) is 0 Å². The van der Waals surface area contributed by atoms with Crippen molar-refractivity contribution < 1.29 is 4.79 Å². The topological polar surface area (TPSA) is 46.1 Å². The maximum absolute atomic E-state index is 13.3. The van der Waals surface area contributed by atoms with Crippen LogP contribution in [0.5, 0.6) is 0 Å². The predicted octanol–water partition coefficient (Wildman–Crippen LogP) is 5.13. The minimum absolute atomic E-state index is 0.0667. The average Bonchev–Trinajstić information content (AvgIpc) is 2.87. The van der Waals surface area contributed by atoms with Crippen molar-refractivity contribution in [1.29, 1.82) is 0 Å². The Morgan fingerprint density at radius 3 is 2.48 bits per heavy atom. The molecule has 1 aromatic carbocycles. The summed E-state index contributed by atoms with van der Waals surface area (Å²) in [5.41, 5.74) is 5.39. The first kappa shape index (κ1) is 17.7. The van der Waals surface area contributed by atoms with E-state index in [1.807, 2.05) is 51.7 Å². The van der Waals surface area contributed by atoms with Gasteiger partial charge in [-0.2, -0.15) is 0 Å². The molecule has 0 saturated carbocycles. The fourth-order valence-electron chi connectivity index (χ4n) is 3.54. The van der Waals surface area contributed by atoms with Gasteiger partial charge in [0, 0.05) is 29.0 Å². The lowest BCUT2D eigenvalue weighted by Crippen LogP contribution is -2.33. The largest absolute Gasteiger partial charge is 0.278 e. The molecule has 2 aromatic heterocycles.